The molecule has 5 nitrogen and oxygen atoms in total. The first-order valence-corrected chi connectivity index (χ1v) is 9.67. The molecule has 1 atom stereocenters. The van der Waals surface area contributed by atoms with Gasteiger partial charge in [0.1, 0.15) is 0 Å². The number of carboxylic acid groups (broad SMARTS) is 1. The fraction of sp³-hybridized carbons (Fsp3) is 0.292. The molecule has 0 radical (unpaired) electrons. The van der Waals surface area contributed by atoms with Crippen molar-refractivity contribution in [3.63, 3.8) is 0 Å². The number of carbonyl (C=O) groups is 2. The van der Waals surface area contributed by atoms with Crippen molar-refractivity contribution >= 4 is 22.6 Å². The fourth-order valence-electron chi connectivity index (χ4n) is 3.40. The topological polar surface area (TPSA) is 79.3 Å². The molecule has 1 aromatic heterocycles. The molecule has 1 unspecified atom stereocenters. The van der Waals surface area contributed by atoms with Gasteiger partial charge in [-0.25, -0.2) is 0 Å². The standard InChI is InChI=1S/C24H26N2O3/c1-24(2,3)18-9-7-16(8-10-18)14-26-23(29)21(13-22(27)28)20-6-4-5-17-15-25-12-11-19(17)20/h4-12,15,21H,13-14H2,1-3H3,(H,26,29)(H,27,28). The third-order valence-corrected chi connectivity index (χ3v) is 5.07. The van der Waals surface area contributed by atoms with E-state index in [1.165, 1.54) is 5.56 Å². The van der Waals surface area contributed by atoms with Crippen LogP contribution in [0.5, 0.6) is 0 Å². The number of benzene rings is 2. The highest BCUT2D eigenvalue weighted by Crippen LogP contribution is 2.28. The van der Waals surface area contributed by atoms with Crippen LogP contribution in [0.15, 0.2) is 60.9 Å². The number of hydrogen-bond donors (Lipinski definition) is 2. The number of carboxylic acids is 1. The summed E-state index contributed by atoms with van der Waals surface area (Å²) in [5.41, 5.74) is 2.97. The predicted octanol–water partition coefficient (Wildman–Crippen LogP) is 4.41. The van der Waals surface area contributed by atoms with Crippen LogP contribution in [0.2, 0.25) is 0 Å². The zero-order valence-corrected chi connectivity index (χ0v) is 17.0. The molecular weight excluding hydrogens is 364 g/mol. The minimum atomic E-state index is -1.01. The van der Waals surface area contributed by atoms with Crippen molar-refractivity contribution in [1.29, 1.82) is 0 Å². The number of pyridine rings is 1. The number of nitrogens with zero attached hydrogens (tertiary/aromatic N) is 1. The van der Waals surface area contributed by atoms with Crippen molar-refractivity contribution in [3.8, 4) is 0 Å². The predicted molar refractivity (Wildman–Crippen MR) is 114 cm³/mol. The SMILES string of the molecule is CC(C)(C)c1ccc(CNC(=O)C(CC(=O)O)c2cccc3cnccc23)cc1. The molecule has 1 heterocycles. The number of fused-ring (bicyclic) bond motifs is 1. The Kier molecular flexibility index (Phi) is 5.97. The van der Waals surface area contributed by atoms with E-state index in [-0.39, 0.29) is 17.7 Å². The zero-order valence-electron chi connectivity index (χ0n) is 17.0. The van der Waals surface area contributed by atoms with Crippen LogP contribution in [-0.2, 0) is 21.5 Å². The quantitative estimate of drug-likeness (QED) is 0.653. The Balaban J connectivity index is 1.80. The van der Waals surface area contributed by atoms with Gasteiger partial charge in [0.2, 0.25) is 5.91 Å². The molecule has 0 aliphatic heterocycles. The van der Waals surface area contributed by atoms with E-state index in [1.807, 2.05) is 36.4 Å². The maximum Gasteiger partial charge on any atom is 0.304 e. The lowest BCUT2D eigenvalue weighted by Crippen LogP contribution is -2.30. The number of amides is 1. The molecule has 0 saturated carbocycles. The first-order valence-electron chi connectivity index (χ1n) is 9.67. The molecule has 0 aliphatic carbocycles. The fourth-order valence-corrected chi connectivity index (χ4v) is 3.40. The van der Waals surface area contributed by atoms with Gasteiger partial charge in [-0.15, -0.1) is 0 Å². The van der Waals surface area contributed by atoms with Crippen molar-refractivity contribution < 1.29 is 14.7 Å². The number of aromatic nitrogens is 1. The first kappa shape index (κ1) is 20.5. The third kappa shape index (κ3) is 4.99. The van der Waals surface area contributed by atoms with Gasteiger partial charge in [0.05, 0.1) is 12.3 Å². The van der Waals surface area contributed by atoms with Crippen LogP contribution in [0.25, 0.3) is 10.8 Å². The smallest absolute Gasteiger partial charge is 0.304 e. The summed E-state index contributed by atoms with van der Waals surface area (Å²) in [7, 11) is 0. The molecule has 0 saturated heterocycles. The van der Waals surface area contributed by atoms with Crippen molar-refractivity contribution in [2.24, 2.45) is 0 Å². The first-order chi connectivity index (χ1) is 13.8. The monoisotopic (exact) mass is 390 g/mol. The molecular formula is C24H26N2O3. The molecule has 3 rings (SSSR count). The number of nitrogens with one attached hydrogen (secondary N) is 1. The van der Waals surface area contributed by atoms with Gasteiger partial charge in [-0.05, 0) is 33.6 Å². The average molecular weight is 390 g/mol. The molecule has 0 fully saturated rings. The molecule has 5 heteroatoms. The average Bonchev–Trinajstić information content (AvgIpc) is 2.69. The van der Waals surface area contributed by atoms with Crippen molar-refractivity contribution in [2.75, 3.05) is 0 Å². The number of carbonyl (C=O) groups excluding carboxylic acids is 1. The molecule has 2 N–H and O–H groups in total. The van der Waals surface area contributed by atoms with Gasteiger partial charge >= 0.3 is 5.97 Å². The second-order valence-electron chi connectivity index (χ2n) is 8.26. The van der Waals surface area contributed by atoms with E-state index in [9.17, 15) is 14.7 Å². The van der Waals surface area contributed by atoms with Gasteiger partial charge in [-0.1, -0.05) is 63.2 Å². The van der Waals surface area contributed by atoms with E-state index in [0.717, 1.165) is 16.3 Å². The Morgan fingerprint density at radius 3 is 2.45 bits per heavy atom. The largest absolute Gasteiger partial charge is 0.481 e. The van der Waals surface area contributed by atoms with Crippen molar-refractivity contribution in [3.05, 3.63) is 77.6 Å². The van der Waals surface area contributed by atoms with Crippen LogP contribution in [0.4, 0.5) is 0 Å². The van der Waals surface area contributed by atoms with Gasteiger partial charge in [0, 0.05) is 24.3 Å². The van der Waals surface area contributed by atoms with Gasteiger partial charge in [0.25, 0.3) is 0 Å². The maximum atomic E-state index is 12.9. The molecule has 0 spiro atoms. The summed E-state index contributed by atoms with van der Waals surface area (Å²) in [5.74, 6) is -2.07. The Hall–Kier alpha value is -3.21. The zero-order chi connectivity index (χ0) is 21.0. The summed E-state index contributed by atoms with van der Waals surface area (Å²) in [6, 6.07) is 15.5. The second-order valence-corrected chi connectivity index (χ2v) is 8.26. The highest BCUT2D eigenvalue weighted by atomic mass is 16.4. The van der Waals surface area contributed by atoms with E-state index in [1.54, 1.807) is 12.4 Å². The lowest BCUT2D eigenvalue weighted by Gasteiger charge is -2.20. The summed E-state index contributed by atoms with van der Waals surface area (Å²) >= 11 is 0. The summed E-state index contributed by atoms with van der Waals surface area (Å²) < 4.78 is 0. The Bertz CT molecular complexity index is 1010. The lowest BCUT2D eigenvalue weighted by molar-refractivity contribution is -0.139. The van der Waals surface area contributed by atoms with E-state index in [2.05, 4.69) is 43.2 Å². The summed E-state index contributed by atoms with van der Waals surface area (Å²) in [6.07, 6.45) is 3.10. The number of hydrogen-bond acceptors (Lipinski definition) is 3. The third-order valence-electron chi connectivity index (χ3n) is 5.07. The van der Waals surface area contributed by atoms with Gasteiger partial charge in [0.15, 0.2) is 0 Å². The van der Waals surface area contributed by atoms with Gasteiger partial charge in [-0.2, -0.15) is 0 Å². The van der Waals surface area contributed by atoms with Crippen molar-refractivity contribution in [2.45, 2.75) is 45.1 Å². The van der Waals surface area contributed by atoms with Crippen LogP contribution < -0.4 is 5.32 Å². The van der Waals surface area contributed by atoms with Crippen LogP contribution in [-0.4, -0.2) is 22.0 Å². The van der Waals surface area contributed by atoms with E-state index >= 15 is 0 Å². The summed E-state index contributed by atoms with van der Waals surface area (Å²) in [6.45, 7) is 6.81. The van der Waals surface area contributed by atoms with E-state index in [0.29, 0.717) is 12.1 Å². The lowest BCUT2D eigenvalue weighted by atomic mass is 9.87. The molecule has 0 aliphatic rings. The number of aliphatic carboxylic acids is 1. The Labute approximate surface area is 170 Å². The van der Waals surface area contributed by atoms with Crippen molar-refractivity contribution in [1.82, 2.24) is 10.3 Å². The van der Waals surface area contributed by atoms with Gasteiger partial charge < -0.3 is 10.4 Å². The normalized spacial score (nSPS) is 12.5. The molecule has 29 heavy (non-hydrogen) atoms. The molecule has 2 aromatic carbocycles. The van der Waals surface area contributed by atoms with Crippen LogP contribution in [0.1, 0.15) is 49.8 Å². The molecule has 150 valence electrons. The van der Waals surface area contributed by atoms with Crippen LogP contribution in [0.3, 0.4) is 0 Å². The highest BCUT2D eigenvalue weighted by Gasteiger charge is 2.25. The maximum absolute atomic E-state index is 12.9. The molecule has 1 amide bonds. The van der Waals surface area contributed by atoms with Gasteiger partial charge in [-0.3, -0.25) is 14.6 Å². The van der Waals surface area contributed by atoms with E-state index < -0.39 is 11.9 Å². The van der Waals surface area contributed by atoms with E-state index in [4.69, 9.17) is 0 Å². The Morgan fingerprint density at radius 2 is 1.79 bits per heavy atom. The summed E-state index contributed by atoms with van der Waals surface area (Å²) in [5, 5.41) is 14.0. The molecule has 0 bridgehead atoms. The minimum absolute atomic E-state index is 0.0670. The van der Waals surface area contributed by atoms with Crippen LogP contribution in [0, 0.1) is 0 Å². The van der Waals surface area contributed by atoms with Crippen LogP contribution >= 0.6 is 0 Å². The Morgan fingerprint density at radius 1 is 1.07 bits per heavy atom. The summed E-state index contributed by atoms with van der Waals surface area (Å²) in [4.78, 5) is 28.5. The second kappa shape index (κ2) is 8.43. The minimum Gasteiger partial charge on any atom is -0.481 e. The highest BCUT2D eigenvalue weighted by molar-refractivity contribution is 5.94. The molecule has 3 aromatic rings. The number of rotatable bonds is 6.